The van der Waals surface area contributed by atoms with Crippen LogP contribution in [0.4, 0.5) is 5.82 Å². The van der Waals surface area contributed by atoms with Crippen molar-refractivity contribution < 1.29 is 9.53 Å². The largest absolute Gasteiger partial charge is 0.370 e. The van der Waals surface area contributed by atoms with Crippen LogP contribution in [0.15, 0.2) is 41.9 Å². The van der Waals surface area contributed by atoms with E-state index in [0.29, 0.717) is 36.7 Å². The second-order valence-electron chi connectivity index (χ2n) is 6.38. The van der Waals surface area contributed by atoms with Crippen molar-refractivity contribution in [2.45, 2.75) is 19.8 Å². The molecule has 3 aromatic heterocycles. The highest BCUT2D eigenvalue weighted by atomic mass is 32.1. The zero-order chi connectivity index (χ0) is 19.1. The van der Waals surface area contributed by atoms with E-state index >= 15 is 0 Å². The molecule has 0 saturated carbocycles. The molecule has 1 aliphatic rings. The summed E-state index contributed by atoms with van der Waals surface area (Å²) in [6, 6.07) is 9.41. The van der Waals surface area contributed by atoms with Crippen molar-refractivity contribution in [3.05, 3.63) is 63.6 Å². The molecule has 5 rings (SSSR count). The number of nitrogens with one attached hydrogen (secondary N) is 1. The zero-order valence-corrected chi connectivity index (χ0v) is 15.6. The molecule has 140 valence electrons. The highest BCUT2D eigenvalue weighted by Gasteiger charge is 2.22. The van der Waals surface area contributed by atoms with Crippen LogP contribution in [0.2, 0.25) is 0 Å². The van der Waals surface area contributed by atoms with E-state index in [1.165, 1.54) is 4.88 Å². The maximum absolute atomic E-state index is 11.7. The first-order valence-electron chi connectivity index (χ1n) is 8.71. The molecule has 4 aromatic rings. The number of aromatic nitrogens is 4. The molecule has 28 heavy (non-hydrogen) atoms. The van der Waals surface area contributed by atoms with Gasteiger partial charge < -0.3 is 15.8 Å². The number of hydrogen-bond donors (Lipinski definition) is 2. The van der Waals surface area contributed by atoms with Gasteiger partial charge in [0.1, 0.15) is 5.82 Å². The number of carbonyl (C=O) groups excluding carboxylic acids is 1. The van der Waals surface area contributed by atoms with Gasteiger partial charge >= 0.3 is 0 Å². The van der Waals surface area contributed by atoms with Crippen molar-refractivity contribution in [1.82, 2.24) is 19.7 Å². The zero-order valence-electron chi connectivity index (χ0n) is 14.8. The second kappa shape index (κ2) is 6.70. The third-order valence-electron chi connectivity index (χ3n) is 4.64. The molecule has 0 saturated heterocycles. The average molecular weight is 392 g/mol. The summed E-state index contributed by atoms with van der Waals surface area (Å²) in [6.07, 6.45) is 1.61. The minimum atomic E-state index is -0.494. The molecular formula is C19H16N6O2S. The number of hydrogen-bond acceptors (Lipinski definition) is 7. The summed E-state index contributed by atoms with van der Waals surface area (Å²) >= 11 is 1.69. The third kappa shape index (κ3) is 2.81. The minimum absolute atomic E-state index is 0.421. The molecule has 8 nitrogen and oxygen atoms in total. The SMILES string of the molecule is NC(=O)c1cccc2c1cnn2-c1nc2c(c(NCc3cccs3)n1)COC2. The summed E-state index contributed by atoms with van der Waals surface area (Å²) in [5.41, 5.74) is 8.43. The van der Waals surface area contributed by atoms with E-state index in [1.54, 1.807) is 34.3 Å². The quantitative estimate of drug-likeness (QED) is 0.541. The molecule has 1 amide bonds. The first kappa shape index (κ1) is 16.8. The van der Waals surface area contributed by atoms with Crippen LogP contribution in [0.1, 0.15) is 26.5 Å². The summed E-state index contributed by atoms with van der Waals surface area (Å²) in [4.78, 5) is 22.2. The maximum Gasteiger partial charge on any atom is 0.253 e. The lowest BCUT2D eigenvalue weighted by Crippen LogP contribution is -2.12. The Bertz CT molecular complexity index is 1180. The fraction of sp³-hybridized carbons (Fsp3) is 0.158. The average Bonchev–Trinajstić information content (AvgIpc) is 3.45. The Morgan fingerprint density at radius 3 is 3.00 bits per heavy atom. The molecule has 0 aliphatic carbocycles. The summed E-state index contributed by atoms with van der Waals surface area (Å²) in [5, 5.41) is 10.5. The first-order valence-corrected chi connectivity index (χ1v) is 9.59. The van der Waals surface area contributed by atoms with Crippen molar-refractivity contribution in [3.63, 3.8) is 0 Å². The Kier molecular flexibility index (Phi) is 4.03. The molecule has 0 unspecified atom stereocenters. The van der Waals surface area contributed by atoms with E-state index in [-0.39, 0.29) is 0 Å². The van der Waals surface area contributed by atoms with Crippen molar-refractivity contribution in [1.29, 1.82) is 0 Å². The van der Waals surface area contributed by atoms with Crippen molar-refractivity contribution in [2.75, 3.05) is 5.32 Å². The molecule has 0 spiro atoms. The number of primary amides is 1. The van der Waals surface area contributed by atoms with Gasteiger partial charge in [-0.05, 0) is 23.6 Å². The fourth-order valence-corrected chi connectivity index (χ4v) is 3.93. The Morgan fingerprint density at radius 2 is 2.18 bits per heavy atom. The van der Waals surface area contributed by atoms with Crippen LogP contribution in [0.3, 0.4) is 0 Å². The standard InChI is InChI=1S/C19H16N6O2S/c20-17(26)12-4-1-5-16-13(12)8-22-25(16)19-23-15-10-27-9-14(15)18(24-19)21-7-11-3-2-6-28-11/h1-6,8H,7,9-10H2,(H2,20,26)(H,21,23,24). The molecule has 9 heteroatoms. The van der Waals surface area contributed by atoms with Gasteiger partial charge in [0.05, 0.1) is 42.7 Å². The molecule has 1 aromatic carbocycles. The summed E-state index contributed by atoms with van der Waals surface area (Å²) in [5.74, 6) is 0.668. The number of benzene rings is 1. The normalized spacial score (nSPS) is 13.0. The number of thiophene rings is 1. The number of rotatable bonds is 5. The Morgan fingerprint density at radius 1 is 1.25 bits per heavy atom. The van der Waals surface area contributed by atoms with Crippen LogP contribution in [-0.4, -0.2) is 25.7 Å². The van der Waals surface area contributed by atoms with Crippen molar-refractivity contribution in [2.24, 2.45) is 5.73 Å². The monoisotopic (exact) mass is 392 g/mol. The minimum Gasteiger partial charge on any atom is -0.370 e. The number of ether oxygens (including phenoxy) is 1. The van der Waals surface area contributed by atoms with E-state index in [9.17, 15) is 4.79 Å². The Hall–Kier alpha value is -3.30. The number of nitrogens with two attached hydrogens (primary N) is 1. The highest BCUT2D eigenvalue weighted by molar-refractivity contribution is 7.09. The van der Waals surface area contributed by atoms with Gasteiger partial charge in [0.2, 0.25) is 5.91 Å². The Labute approximate surface area is 164 Å². The van der Waals surface area contributed by atoms with Gasteiger partial charge in [-0.25, -0.2) is 4.98 Å². The van der Waals surface area contributed by atoms with Gasteiger partial charge in [-0.2, -0.15) is 14.8 Å². The molecular weight excluding hydrogens is 376 g/mol. The first-order chi connectivity index (χ1) is 13.7. The molecule has 0 atom stereocenters. The maximum atomic E-state index is 11.7. The van der Waals surface area contributed by atoms with Gasteiger partial charge in [-0.15, -0.1) is 11.3 Å². The smallest absolute Gasteiger partial charge is 0.253 e. The van der Waals surface area contributed by atoms with Crippen LogP contribution in [0.5, 0.6) is 0 Å². The van der Waals surface area contributed by atoms with E-state index < -0.39 is 5.91 Å². The lowest BCUT2D eigenvalue weighted by molar-refractivity contribution is 0.100. The number of carbonyl (C=O) groups is 1. The van der Waals surface area contributed by atoms with Crippen LogP contribution in [0, 0.1) is 0 Å². The van der Waals surface area contributed by atoms with Gasteiger partial charge in [0.15, 0.2) is 0 Å². The number of anilines is 1. The van der Waals surface area contributed by atoms with E-state index in [2.05, 4.69) is 21.5 Å². The van der Waals surface area contributed by atoms with Gasteiger partial charge in [0.25, 0.3) is 5.95 Å². The lowest BCUT2D eigenvalue weighted by Gasteiger charge is -2.11. The summed E-state index contributed by atoms with van der Waals surface area (Å²) < 4.78 is 7.19. The topological polar surface area (TPSA) is 108 Å². The second-order valence-corrected chi connectivity index (χ2v) is 7.41. The van der Waals surface area contributed by atoms with E-state index in [4.69, 9.17) is 15.5 Å². The molecule has 0 bridgehead atoms. The predicted molar refractivity (Wildman–Crippen MR) is 105 cm³/mol. The van der Waals surface area contributed by atoms with Crippen LogP contribution < -0.4 is 11.1 Å². The van der Waals surface area contributed by atoms with Crippen LogP contribution >= 0.6 is 11.3 Å². The Balaban J connectivity index is 1.59. The molecule has 0 fully saturated rings. The highest BCUT2D eigenvalue weighted by Crippen LogP contribution is 2.28. The van der Waals surface area contributed by atoms with Crippen LogP contribution in [0.25, 0.3) is 16.9 Å². The van der Waals surface area contributed by atoms with Gasteiger partial charge in [0, 0.05) is 15.8 Å². The van der Waals surface area contributed by atoms with Crippen molar-refractivity contribution in [3.8, 4) is 5.95 Å². The molecule has 1 aliphatic heterocycles. The predicted octanol–water partition coefficient (Wildman–Crippen LogP) is 2.62. The fourth-order valence-electron chi connectivity index (χ4n) is 3.29. The summed E-state index contributed by atoms with van der Waals surface area (Å²) in [6.45, 7) is 1.59. The number of fused-ring (bicyclic) bond motifs is 2. The van der Waals surface area contributed by atoms with Gasteiger partial charge in [-0.3, -0.25) is 4.79 Å². The van der Waals surface area contributed by atoms with Crippen LogP contribution in [-0.2, 0) is 24.5 Å². The van der Waals surface area contributed by atoms with Gasteiger partial charge in [-0.1, -0.05) is 12.1 Å². The molecule has 3 N–H and O–H groups in total. The third-order valence-corrected chi connectivity index (χ3v) is 5.52. The number of amides is 1. The lowest BCUT2D eigenvalue weighted by atomic mass is 10.1. The molecule has 0 radical (unpaired) electrons. The van der Waals surface area contributed by atoms with E-state index in [0.717, 1.165) is 22.6 Å². The number of nitrogens with zero attached hydrogens (tertiary/aromatic N) is 4. The van der Waals surface area contributed by atoms with Crippen molar-refractivity contribution >= 4 is 34.0 Å². The van der Waals surface area contributed by atoms with E-state index in [1.807, 2.05) is 17.5 Å². The molecule has 4 heterocycles. The summed E-state index contributed by atoms with van der Waals surface area (Å²) in [7, 11) is 0.